The van der Waals surface area contributed by atoms with Crippen LogP contribution in [-0.4, -0.2) is 44.4 Å². The molecule has 1 rings (SSSR count). The van der Waals surface area contributed by atoms with E-state index >= 15 is 0 Å². The van der Waals surface area contributed by atoms with Crippen LogP contribution in [0.1, 0.15) is 16.8 Å². The normalized spacial score (nSPS) is 10.2. The van der Waals surface area contributed by atoms with E-state index in [4.69, 9.17) is 15.2 Å². The Morgan fingerprint density at radius 3 is 2.89 bits per heavy atom. The highest BCUT2D eigenvalue weighted by Gasteiger charge is 2.13. The molecule has 0 aliphatic rings. The summed E-state index contributed by atoms with van der Waals surface area (Å²) in [6.07, 6.45) is 0.691. The lowest BCUT2D eigenvalue weighted by molar-refractivity contribution is 0.0940. The van der Waals surface area contributed by atoms with E-state index in [1.165, 1.54) is 13.2 Å². The Morgan fingerprint density at radius 2 is 2.21 bits per heavy atom. The van der Waals surface area contributed by atoms with Gasteiger partial charge in [-0.15, -0.1) is 0 Å². The van der Waals surface area contributed by atoms with Crippen LogP contribution in [0.5, 0.6) is 11.5 Å². The molecule has 6 nitrogen and oxygen atoms in total. The van der Waals surface area contributed by atoms with Crippen molar-refractivity contribution in [3.8, 4) is 11.5 Å². The number of methoxy groups -OCH3 is 1. The zero-order valence-electron chi connectivity index (χ0n) is 11.0. The maximum Gasteiger partial charge on any atom is 0.255 e. The smallest absolute Gasteiger partial charge is 0.255 e. The van der Waals surface area contributed by atoms with Gasteiger partial charge in [-0.25, -0.2) is 0 Å². The second-order valence-corrected chi connectivity index (χ2v) is 3.87. The molecular formula is C13H20N2O4. The van der Waals surface area contributed by atoms with Gasteiger partial charge in [0.2, 0.25) is 0 Å². The lowest BCUT2D eigenvalue weighted by atomic mass is 10.1. The van der Waals surface area contributed by atoms with Crippen LogP contribution < -0.4 is 15.8 Å². The van der Waals surface area contributed by atoms with E-state index in [0.717, 1.165) is 0 Å². The maximum absolute atomic E-state index is 11.8. The molecule has 4 N–H and O–H groups in total. The lowest BCUT2D eigenvalue weighted by Crippen LogP contribution is -2.25. The second kappa shape index (κ2) is 8.34. The molecule has 19 heavy (non-hydrogen) atoms. The molecule has 0 radical (unpaired) electrons. The van der Waals surface area contributed by atoms with Gasteiger partial charge in [-0.05, 0) is 18.6 Å². The van der Waals surface area contributed by atoms with Crippen LogP contribution in [0.25, 0.3) is 0 Å². The number of nitrogens with one attached hydrogen (secondary N) is 1. The van der Waals surface area contributed by atoms with Gasteiger partial charge < -0.3 is 25.6 Å². The first-order valence-corrected chi connectivity index (χ1v) is 6.12. The van der Waals surface area contributed by atoms with Gasteiger partial charge in [-0.3, -0.25) is 4.79 Å². The third-order valence-electron chi connectivity index (χ3n) is 2.48. The van der Waals surface area contributed by atoms with Crippen molar-refractivity contribution in [2.45, 2.75) is 6.42 Å². The van der Waals surface area contributed by atoms with E-state index in [2.05, 4.69) is 5.32 Å². The predicted octanol–water partition coefficient (Wildman–Crippen LogP) is 0.496. The number of phenols is 1. The van der Waals surface area contributed by atoms with Crippen molar-refractivity contribution >= 4 is 5.91 Å². The van der Waals surface area contributed by atoms with E-state index in [1.807, 2.05) is 0 Å². The first-order chi connectivity index (χ1) is 9.20. The van der Waals surface area contributed by atoms with E-state index in [1.54, 1.807) is 12.1 Å². The number of carbonyl (C=O) groups is 1. The van der Waals surface area contributed by atoms with E-state index in [9.17, 15) is 9.90 Å². The predicted molar refractivity (Wildman–Crippen MR) is 71.5 cm³/mol. The zero-order chi connectivity index (χ0) is 14.1. The summed E-state index contributed by atoms with van der Waals surface area (Å²) in [5, 5.41) is 12.5. The van der Waals surface area contributed by atoms with E-state index < -0.39 is 0 Å². The van der Waals surface area contributed by atoms with Crippen LogP contribution in [0.2, 0.25) is 0 Å². The van der Waals surface area contributed by atoms with Gasteiger partial charge in [0.05, 0.1) is 19.3 Å². The molecule has 1 aromatic rings. The summed E-state index contributed by atoms with van der Waals surface area (Å²) in [5.41, 5.74) is 5.47. The molecule has 0 bridgehead atoms. The zero-order valence-corrected chi connectivity index (χ0v) is 11.0. The van der Waals surface area contributed by atoms with Crippen molar-refractivity contribution < 1.29 is 19.4 Å². The fourth-order valence-corrected chi connectivity index (χ4v) is 1.53. The van der Waals surface area contributed by atoms with Crippen molar-refractivity contribution in [1.29, 1.82) is 0 Å². The third-order valence-corrected chi connectivity index (χ3v) is 2.48. The average Bonchev–Trinajstić information content (AvgIpc) is 2.42. The van der Waals surface area contributed by atoms with Gasteiger partial charge in [0, 0.05) is 19.7 Å². The standard InChI is InChI=1S/C13H20N2O4/c1-18-11-5-2-4-10(12(11)16)13(17)15-7-3-8-19-9-6-14/h2,4-5,16H,3,6-9,14H2,1H3,(H,15,17). The molecule has 0 aliphatic carbocycles. The van der Waals surface area contributed by atoms with E-state index in [0.29, 0.717) is 32.7 Å². The molecule has 0 fully saturated rings. The van der Waals surface area contributed by atoms with Gasteiger partial charge in [-0.1, -0.05) is 6.07 Å². The summed E-state index contributed by atoms with van der Waals surface area (Å²) >= 11 is 0. The largest absolute Gasteiger partial charge is 0.504 e. The molecule has 0 heterocycles. The fourth-order valence-electron chi connectivity index (χ4n) is 1.53. The number of benzene rings is 1. The Hall–Kier alpha value is -1.79. The Morgan fingerprint density at radius 1 is 1.42 bits per heavy atom. The summed E-state index contributed by atoms with van der Waals surface area (Å²) in [6.45, 7) is 2.02. The summed E-state index contributed by atoms with van der Waals surface area (Å²) in [4.78, 5) is 11.8. The summed E-state index contributed by atoms with van der Waals surface area (Å²) in [7, 11) is 1.44. The van der Waals surface area contributed by atoms with Crippen molar-refractivity contribution in [2.24, 2.45) is 5.73 Å². The monoisotopic (exact) mass is 268 g/mol. The van der Waals surface area contributed by atoms with E-state index in [-0.39, 0.29) is 23.0 Å². The Kier molecular flexibility index (Phi) is 6.70. The number of carbonyl (C=O) groups excluding carboxylic acids is 1. The number of hydrogen-bond acceptors (Lipinski definition) is 5. The highest BCUT2D eigenvalue weighted by Crippen LogP contribution is 2.28. The van der Waals surface area contributed by atoms with Gasteiger partial charge in [0.25, 0.3) is 5.91 Å². The first-order valence-electron chi connectivity index (χ1n) is 6.12. The van der Waals surface area contributed by atoms with Gasteiger partial charge in [0.15, 0.2) is 11.5 Å². The number of ether oxygens (including phenoxy) is 2. The average molecular weight is 268 g/mol. The molecule has 106 valence electrons. The molecule has 0 unspecified atom stereocenters. The molecule has 0 aromatic heterocycles. The molecule has 6 heteroatoms. The number of hydrogen-bond donors (Lipinski definition) is 3. The Bertz CT molecular complexity index is 410. The van der Waals surface area contributed by atoms with Crippen molar-refractivity contribution in [3.63, 3.8) is 0 Å². The second-order valence-electron chi connectivity index (χ2n) is 3.87. The molecule has 0 spiro atoms. The first kappa shape index (κ1) is 15.3. The number of nitrogens with two attached hydrogens (primary N) is 1. The molecule has 1 amide bonds. The van der Waals surface area contributed by atoms with Crippen LogP contribution in [0.3, 0.4) is 0 Å². The summed E-state index contributed by atoms with van der Waals surface area (Å²) in [6, 6.07) is 4.78. The van der Waals surface area contributed by atoms with Crippen molar-refractivity contribution in [3.05, 3.63) is 23.8 Å². The lowest BCUT2D eigenvalue weighted by Gasteiger charge is -2.09. The quantitative estimate of drug-likeness (QED) is 0.597. The van der Waals surface area contributed by atoms with Crippen LogP contribution in [0, 0.1) is 0 Å². The highest BCUT2D eigenvalue weighted by atomic mass is 16.5. The maximum atomic E-state index is 11.8. The third kappa shape index (κ3) is 4.76. The van der Waals surface area contributed by atoms with Crippen LogP contribution >= 0.6 is 0 Å². The number of amides is 1. The minimum absolute atomic E-state index is 0.151. The summed E-state index contributed by atoms with van der Waals surface area (Å²) in [5.74, 6) is -0.212. The molecular weight excluding hydrogens is 248 g/mol. The minimum Gasteiger partial charge on any atom is -0.504 e. The Balaban J connectivity index is 2.41. The molecule has 1 aromatic carbocycles. The molecule has 0 saturated heterocycles. The van der Waals surface area contributed by atoms with Crippen LogP contribution in [0.4, 0.5) is 0 Å². The van der Waals surface area contributed by atoms with Crippen molar-refractivity contribution in [2.75, 3.05) is 33.4 Å². The van der Waals surface area contributed by atoms with Gasteiger partial charge in [-0.2, -0.15) is 0 Å². The topological polar surface area (TPSA) is 93.8 Å². The highest BCUT2D eigenvalue weighted by molar-refractivity contribution is 5.97. The SMILES string of the molecule is COc1cccc(C(=O)NCCCOCCN)c1O. The van der Waals surface area contributed by atoms with Crippen molar-refractivity contribution in [1.82, 2.24) is 5.32 Å². The fraction of sp³-hybridized carbons (Fsp3) is 0.462. The Labute approximate surface area is 112 Å². The van der Waals surface area contributed by atoms with Gasteiger partial charge >= 0.3 is 0 Å². The van der Waals surface area contributed by atoms with Crippen LogP contribution in [-0.2, 0) is 4.74 Å². The minimum atomic E-state index is -0.338. The number of rotatable bonds is 8. The molecule has 0 saturated carbocycles. The molecule has 0 aliphatic heterocycles. The number of para-hydroxylation sites is 1. The van der Waals surface area contributed by atoms with Crippen LogP contribution in [0.15, 0.2) is 18.2 Å². The number of aromatic hydroxyl groups is 1. The number of phenolic OH excluding ortho intramolecular Hbond substituents is 1. The molecule has 0 atom stereocenters. The van der Waals surface area contributed by atoms with Gasteiger partial charge in [0.1, 0.15) is 0 Å². The summed E-state index contributed by atoms with van der Waals surface area (Å²) < 4.78 is 10.1.